The number of benzene rings is 2. The molecule has 4 rings (SSSR count). The monoisotopic (exact) mass is 425 g/mol. The number of sulfone groups is 1. The molecule has 0 amide bonds. The number of aromatic nitrogens is 1. The summed E-state index contributed by atoms with van der Waals surface area (Å²) in [6.45, 7) is 0. The summed E-state index contributed by atoms with van der Waals surface area (Å²) in [5.41, 5.74) is 0.236. The molecule has 2 aromatic carbocycles. The van der Waals surface area contributed by atoms with Gasteiger partial charge in [-0.1, -0.05) is 29.4 Å². The number of carbonyl (C=O) groups is 1. The van der Waals surface area contributed by atoms with Crippen LogP contribution in [-0.2, 0) is 9.84 Å². The molecule has 0 aliphatic heterocycles. The summed E-state index contributed by atoms with van der Waals surface area (Å²) in [5, 5.41) is 5.59. The highest BCUT2D eigenvalue weighted by molar-refractivity contribution is 7.91. The molecule has 2 aromatic heterocycles. The zero-order valence-electron chi connectivity index (χ0n) is 15.2. The topological polar surface area (TPSA) is 86.5 Å². The van der Waals surface area contributed by atoms with Gasteiger partial charge in [0, 0.05) is 5.56 Å². The molecular weight excluding hydrogens is 410 g/mol. The molecule has 2 heterocycles. The van der Waals surface area contributed by atoms with Crippen molar-refractivity contribution in [1.29, 1.82) is 0 Å². The fraction of sp³-hybridized carbons (Fsp3) is 0.0476. The Labute approximate surface area is 171 Å². The summed E-state index contributed by atoms with van der Waals surface area (Å²) in [6.07, 6.45) is 0. The number of ether oxygens (including phenoxy) is 1. The maximum Gasteiger partial charge on any atom is 0.226 e. The molecule has 0 unspecified atom stereocenters. The molecule has 0 atom stereocenters. The molecule has 4 aromatic rings. The molecule has 0 aliphatic rings. The largest absolute Gasteiger partial charge is 0.497 e. The molecule has 146 valence electrons. The van der Waals surface area contributed by atoms with E-state index >= 15 is 0 Å². The molecule has 0 fully saturated rings. The van der Waals surface area contributed by atoms with Crippen molar-refractivity contribution in [2.24, 2.45) is 0 Å². The second kappa shape index (κ2) is 7.65. The van der Waals surface area contributed by atoms with Gasteiger partial charge in [0.05, 0.1) is 16.9 Å². The van der Waals surface area contributed by atoms with E-state index in [0.717, 1.165) is 0 Å². The van der Waals surface area contributed by atoms with Gasteiger partial charge in [-0.05, 0) is 47.8 Å². The number of hydrogen-bond donors (Lipinski definition) is 0. The Balaban J connectivity index is 1.94. The number of ketones is 1. The van der Waals surface area contributed by atoms with E-state index in [0.29, 0.717) is 16.2 Å². The second-order valence-corrected chi connectivity index (χ2v) is 8.88. The fourth-order valence-corrected chi connectivity index (χ4v) is 5.04. The van der Waals surface area contributed by atoms with E-state index in [-0.39, 0.29) is 21.2 Å². The van der Waals surface area contributed by atoms with Gasteiger partial charge < -0.3 is 9.26 Å². The highest BCUT2D eigenvalue weighted by Gasteiger charge is 2.34. The van der Waals surface area contributed by atoms with Gasteiger partial charge in [0.15, 0.2) is 16.3 Å². The lowest BCUT2D eigenvalue weighted by atomic mass is 10.1. The third-order valence-corrected chi connectivity index (χ3v) is 6.96. The summed E-state index contributed by atoms with van der Waals surface area (Å²) >= 11 is 1.21. The molecule has 0 bridgehead atoms. The minimum Gasteiger partial charge on any atom is -0.497 e. The van der Waals surface area contributed by atoms with Crippen molar-refractivity contribution in [2.45, 2.75) is 9.79 Å². The lowest BCUT2D eigenvalue weighted by molar-refractivity contribution is 0.103. The van der Waals surface area contributed by atoms with E-state index < -0.39 is 15.6 Å². The van der Waals surface area contributed by atoms with Crippen LogP contribution in [0.3, 0.4) is 0 Å². The van der Waals surface area contributed by atoms with Crippen LogP contribution in [0.25, 0.3) is 11.3 Å². The Morgan fingerprint density at radius 3 is 2.34 bits per heavy atom. The van der Waals surface area contributed by atoms with Gasteiger partial charge in [-0.15, -0.1) is 11.3 Å². The maximum atomic E-state index is 13.4. The predicted octanol–water partition coefficient (Wildman–Crippen LogP) is 4.48. The van der Waals surface area contributed by atoms with Crippen molar-refractivity contribution in [3.63, 3.8) is 0 Å². The van der Waals surface area contributed by atoms with Crippen LogP contribution < -0.4 is 4.74 Å². The van der Waals surface area contributed by atoms with Crippen LogP contribution in [0.4, 0.5) is 0 Å². The average Bonchev–Trinajstić information content (AvgIpc) is 3.44. The normalized spacial score (nSPS) is 11.3. The number of hydrogen-bond acceptors (Lipinski definition) is 7. The summed E-state index contributed by atoms with van der Waals surface area (Å²) in [7, 11) is -2.53. The van der Waals surface area contributed by atoms with Crippen LogP contribution in [0.1, 0.15) is 15.4 Å². The minimum atomic E-state index is -4.06. The molecule has 0 saturated carbocycles. The van der Waals surface area contributed by atoms with Gasteiger partial charge in [0.25, 0.3) is 0 Å². The molecule has 8 heteroatoms. The van der Waals surface area contributed by atoms with Gasteiger partial charge in [0.1, 0.15) is 5.75 Å². The molecule has 6 nitrogen and oxygen atoms in total. The number of rotatable bonds is 6. The number of nitrogens with zero attached hydrogens (tertiary/aromatic N) is 1. The standard InChI is InChI=1S/C21H15NO5S2/c1-26-15-11-9-14(10-12-15)20-21(29(24,25)16-6-3-2-4-7-16)18(22-27-20)19(23)17-8-5-13-28-17/h2-13H,1H3. The third-order valence-electron chi connectivity index (χ3n) is 4.28. The van der Waals surface area contributed by atoms with Crippen LogP contribution in [0.2, 0.25) is 0 Å². The van der Waals surface area contributed by atoms with Gasteiger partial charge >= 0.3 is 0 Å². The SMILES string of the molecule is COc1ccc(-c2onc(C(=O)c3cccs3)c2S(=O)(=O)c2ccccc2)cc1. The van der Waals surface area contributed by atoms with Crippen molar-refractivity contribution >= 4 is 27.0 Å². The van der Waals surface area contributed by atoms with Crippen molar-refractivity contribution in [3.05, 3.63) is 82.7 Å². The maximum absolute atomic E-state index is 13.4. The Morgan fingerprint density at radius 2 is 1.72 bits per heavy atom. The Hall–Kier alpha value is -3.23. The van der Waals surface area contributed by atoms with Crippen LogP contribution in [-0.4, -0.2) is 26.5 Å². The quantitative estimate of drug-likeness (QED) is 0.424. The Kier molecular flexibility index (Phi) is 5.04. The van der Waals surface area contributed by atoms with Crippen molar-refractivity contribution in [3.8, 4) is 17.1 Å². The molecule has 0 spiro atoms. The van der Waals surface area contributed by atoms with Crippen molar-refractivity contribution in [2.75, 3.05) is 7.11 Å². The van der Waals surface area contributed by atoms with E-state index in [1.165, 1.54) is 30.6 Å². The van der Waals surface area contributed by atoms with Gasteiger partial charge in [-0.25, -0.2) is 8.42 Å². The summed E-state index contributed by atoms with van der Waals surface area (Å²) in [5.74, 6) is 0.116. The molecule has 0 N–H and O–H groups in total. The lowest BCUT2D eigenvalue weighted by Gasteiger charge is -2.07. The molecule has 29 heavy (non-hydrogen) atoms. The third kappa shape index (κ3) is 3.48. The second-order valence-electron chi connectivity index (χ2n) is 6.04. The van der Waals surface area contributed by atoms with Gasteiger partial charge in [-0.3, -0.25) is 4.79 Å². The molecule has 0 aliphatic carbocycles. The lowest BCUT2D eigenvalue weighted by Crippen LogP contribution is -2.10. The highest BCUT2D eigenvalue weighted by atomic mass is 32.2. The fourth-order valence-electron chi connectivity index (χ4n) is 2.84. The smallest absolute Gasteiger partial charge is 0.226 e. The van der Waals surface area contributed by atoms with Gasteiger partial charge in [0.2, 0.25) is 15.6 Å². The van der Waals surface area contributed by atoms with Crippen LogP contribution in [0, 0.1) is 0 Å². The molecular formula is C21H15NO5S2. The average molecular weight is 425 g/mol. The zero-order chi connectivity index (χ0) is 20.4. The minimum absolute atomic E-state index is 0.0106. The van der Waals surface area contributed by atoms with Crippen molar-refractivity contribution in [1.82, 2.24) is 5.16 Å². The number of thiophene rings is 1. The van der Waals surface area contributed by atoms with Gasteiger partial charge in [-0.2, -0.15) is 0 Å². The number of carbonyl (C=O) groups excluding carboxylic acids is 1. The first-order chi connectivity index (χ1) is 14.0. The van der Waals surface area contributed by atoms with Crippen LogP contribution in [0.15, 0.2) is 86.4 Å². The van der Waals surface area contributed by atoms with E-state index in [1.807, 2.05) is 0 Å². The summed E-state index contributed by atoms with van der Waals surface area (Å²) in [4.78, 5) is 13.1. The molecule has 0 radical (unpaired) electrons. The van der Waals surface area contributed by atoms with E-state index in [2.05, 4.69) is 5.16 Å². The number of methoxy groups -OCH3 is 1. The summed E-state index contributed by atoms with van der Waals surface area (Å²) in [6, 6.07) is 17.9. The molecule has 0 saturated heterocycles. The highest BCUT2D eigenvalue weighted by Crippen LogP contribution is 2.36. The van der Waals surface area contributed by atoms with E-state index in [4.69, 9.17) is 9.26 Å². The first-order valence-corrected chi connectivity index (χ1v) is 10.9. The van der Waals surface area contributed by atoms with E-state index in [1.54, 1.807) is 60.0 Å². The zero-order valence-corrected chi connectivity index (χ0v) is 16.9. The Morgan fingerprint density at radius 1 is 1.00 bits per heavy atom. The first kappa shape index (κ1) is 19.1. The summed E-state index contributed by atoms with van der Waals surface area (Å²) < 4.78 is 37.4. The van der Waals surface area contributed by atoms with Crippen LogP contribution >= 0.6 is 11.3 Å². The van der Waals surface area contributed by atoms with Crippen molar-refractivity contribution < 1.29 is 22.5 Å². The van der Waals surface area contributed by atoms with E-state index in [9.17, 15) is 13.2 Å². The first-order valence-electron chi connectivity index (χ1n) is 8.55. The predicted molar refractivity (Wildman–Crippen MR) is 108 cm³/mol. The Bertz CT molecular complexity index is 1240. The van der Waals surface area contributed by atoms with Crippen LogP contribution in [0.5, 0.6) is 5.75 Å².